The van der Waals surface area contributed by atoms with E-state index in [1.54, 1.807) is 13.0 Å². The molecule has 21 heavy (non-hydrogen) atoms. The number of anilines is 2. The fraction of sp³-hybridized carbons (Fsp3) is 0.0769. The summed E-state index contributed by atoms with van der Waals surface area (Å²) in [5, 5.41) is 0.222. The van der Waals surface area contributed by atoms with Gasteiger partial charge in [-0.1, -0.05) is 27.5 Å². The van der Waals surface area contributed by atoms with Crippen molar-refractivity contribution in [3.8, 4) is 0 Å². The van der Waals surface area contributed by atoms with Crippen LogP contribution in [0, 0.1) is 12.7 Å². The fourth-order valence-electron chi connectivity index (χ4n) is 1.73. The smallest absolute Gasteiger partial charge is 0.262 e. The number of nitrogen functional groups attached to an aromatic ring is 1. The Kier molecular flexibility index (Phi) is 4.46. The predicted octanol–water partition coefficient (Wildman–Crippen LogP) is 3.93. The van der Waals surface area contributed by atoms with Crippen LogP contribution in [0.4, 0.5) is 15.8 Å². The van der Waals surface area contributed by atoms with E-state index in [0.717, 1.165) is 6.07 Å². The lowest BCUT2D eigenvalue weighted by Crippen LogP contribution is -2.16. The largest absolute Gasteiger partial charge is 0.398 e. The lowest BCUT2D eigenvalue weighted by atomic mass is 10.2. The summed E-state index contributed by atoms with van der Waals surface area (Å²) in [6.45, 7) is 1.57. The van der Waals surface area contributed by atoms with Crippen LogP contribution >= 0.6 is 27.5 Å². The van der Waals surface area contributed by atoms with Crippen molar-refractivity contribution in [1.29, 1.82) is 0 Å². The summed E-state index contributed by atoms with van der Waals surface area (Å²) in [4.78, 5) is -0.0336. The van der Waals surface area contributed by atoms with Crippen LogP contribution in [0.15, 0.2) is 39.7 Å². The summed E-state index contributed by atoms with van der Waals surface area (Å²) in [7, 11) is -3.99. The summed E-state index contributed by atoms with van der Waals surface area (Å²) >= 11 is 8.93. The quantitative estimate of drug-likeness (QED) is 0.776. The number of sulfonamides is 1. The third kappa shape index (κ3) is 3.48. The topological polar surface area (TPSA) is 72.2 Å². The van der Waals surface area contributed by atoms with Gasteiger partial charge in [0, 0.05) is 15.2 Å². The van der Waals surface area contributed by atoms with E-state index in [0.29, 0.717) is 15.7 Å². The summed E-state index contributed by atoms with van der Waals surface area (Å²) in [6, 6.07) is 6.61. The zero-order valence-electron chi connectivity index (χ0n) is 10.8. The Hall–Kier alpha value is -1.31. The SMILES string of the molecule is Cc1c(N)cc(Br)cc1S(=O)(=O)Nc1cc(Cl)ccc1F. The molecule has 2 aromatic rings. The molecule has 3 N–H and O–H groups in total. The van der Waals surface area contributed by atoms with Crippen LogP contribution in [0.1, 0.15) is 5.56 Å². The molecule has 8 heteroatoms. The van der Waals surface area contributed by atoms with Crippen molar-refractivity contribution in [2.24, 2.45) is 0 Å². The molecule has 4 nitrogen and oxygen atoms in total. The van der Waals surface area contributed by atoms with Crippen molar-refractivity contribution in [2.75, 3.05) is 10.5 Å². The highest BCUT2D eigenvalue weighted by atomic mass is 79.9. The predicted molar refractivity (Wildman–Crippen MR) is 85.5 cm³/mol. The van der Waals surface area contributed by atoms with Crippen LogP contribution in [-0.4, -0.2) is 8.42 Å². The first-order valence-electron chi connectivity index (χ1n) is 5.74. The molecule has 0 spiro atoms. The van der Waals surface area contributed by atoms with Crippen molar-refractivity contribution in [3.05, 3.63) is 51.2 Å². The third-order valence-corrected chi connectivity index (χ3v) is 5.01. The number of nitrogens with one attached hydrogen (secondary N) is 1. The highest BCUT2D eigenvalue weighted by Crippen LogP contribution is 2.29. The van der Waals surface area contributed by atoms with Crippen molar-refractivity contribution < 1.29 is 12.8 Å². The monoisotopic (exact) mass is 392 g/mol. The molecule has 0 atom stereocenters. The minimum Gasteiger partial charge on any atom is -0.398 e. The normalized spacial score (nSPS) is 11.4. The number of benzene rings is 2. The Bertz CT molecular complexity index is 812. The van der Waals surface area contributed by atoms with Gasteiger partial charge in [0.2, 0.25) is 0 Å². The maximum atomic E-state index is 13.7. The Morgan fingerprint density at radius 1 is 1.29 bits per heavy atom. The number of hydrogen-bond acceptors (Lipinski definition) is 3. The molecular weight excluding hydrogens is 383 g/mol. The average Bonchev–Trinajstić information content (AvgIpc) is 2.37. The van der Waals surface area contributed by atoms with Gasteiger partial charge in [-0.25, -0.2) is 12.8 Å². The molecule has 0 fully saturated rings. The van der Waals surface area contributed by atoms with Crippen LogP contribution < -0.4 is 10.5 Å². The molecule has 0 unspecified atom stereocenters. The second kappa shape index (κ2) is 5.82. The molecule has 2 rings (SSSR count). The Balaban J connectivity index is 2.51. The van der Waals surface area contributed by atoms with Crippen molar-refractivity contribution in [2.45, 2.75) is 11.8 Å². The van der Waals surface area contributed by atoms with E-state index < -0.39 is 15.8 Å². The van der Waals surface area contributed by atoms with Crippen LogP contribution in [0.2, 0.25) is 5.02 Å². The first kappa shape index (κ1) is 16.1. The first-order valence-corrected chi connectivity index (χ1v) is 8.39. The van der Waals surface area contributed by atoms with Gasteiger partial charge in [-0.2, -0.15) is 0 Å². The molecule has 0 aromatic heterocycles. The summed E-state index contributed by atoms with van der Waals surface area (Å²) < 4.78 is 41.1. The van der Waals surface area contributed by atoms with E-state index in [4.69, 9.17) is 17.3 Å². The molecule has 0 aliphatic carbocycles. The molecule has 0 heterocycles. The highest BCUT2D eigenvalue weighted by molar-refractivity contribution is 9.10. The van der Waals surface area contributed by atoms with E-state index in [9.17, 15) is 12.8 Å². The van der Waals surface area contributed by atoms with E-state index in [2.05, 4.69) is 20.7 Å². The van der Waals surface area contributed by atoms with Crippen LogP contribution in [0.5, 0.6) is 0 Å². The zero-order chi connectivity index (χ0) is 15.8. The summed E-state index contributed by atoms with van der Waals surface area (Å²) in [6.07, 6.45) is 0. The standard InChI is InChI=1S/C13H11BrClFN2O2S/c1-7-11(17)4-8(14)5-13(7)21(19,20)18-12-6-9(15)2-3-10(12)16/h2-6,18H,17H2,1H3. The summed E-state index contributed by atoms with van der Waals surface area (Å²) in [5.74, 6) is -0.719. The lowest BCUT2D eigenvalue weighted by Gasteiger charge is -2.13. The molecule has 0 bridgehead atoms. The Morgan fingerprint density at radius 3 is 2.62 bits per heavy atom. The maximum Gasteiger partial charge on any atom is 0.262 e. The molecule has 0 saturated heterocycles. The van der Waals surface area contributed by atoms with Crippen LogP contribution in [0.3, 0.4) is 0 Å². The first-order chi connectivity index (χ1) is 9.70. The van der Waals surface area contributed by atoms with Crippen molar-refractivity contribution >= 4 is 48.9 Å². The third-order valence-electron chi connectivity index (χ3n) is 2.83. The maximum absolute atomic E-state index is 13.7. The molecule has 0 aliphatic rings. The van der Waals surface area contributed by atoms with Gasteiger partial charge in [0.15, 0.2) is 0 Å². The molecule has 2 aromatic carbocycles. The van der Waals surface area contributed by atoms with Crippen molar-refractivity contribution in [3.63, 3.8) is 0 Å². The minimum absolute atomic E-state index is 0.0336. The van der Waals surface area contributed by atoms with Gasteiger partial charge in [0.05, 0.1) is 10.6 Å². The van der Waals surface area contributed by atoms with E-state index in [1.807, 2.05) is 0 Å². The van der Waals surface area contributed by atoms with Gasteiger partial charge < -0.3 is 5.73 Å². The zero-order valence-corrected chi connectivity index (χ0v) is 14.0. The van der Waals surface area contributed by atoms with Gasteiger partial charge in [-0.3, -0.25) is 4.72 Å². The number of halogens is 3. The number of rotatable bonds is 3. The summed E-state index contributed by atoms with van der Waals surface area (Å²) in [5.41, 5.74) is 6.22. The average molecular weight is 394 g/mol. The van der Waals surface area contributed by atoms with E-state index >= 15 is 0 Å². The van der Waals surface area contributed by atoms with Gasteiger partial charge in [-0.05, 0) is 42.8 Å². The molecule has 0 aliphatic heterocycles. The van der Waals surface area contributed by atoms with E-state index in [-0.39, 0.29) is 15.6 Å². The lowest BCUT2D eigenvalue weighted by molar-refractivity contribution is 0.598. The minimum atomic E-state index is -3.99. The molecule has 0 radical (unpaired) electrons. The highest BCUT2D eigenvalue weighted by Gasteiger charge is 2.20. The van der Waals surface area contributed by atoms with Gasteiger partial charge in [0.25, 0.3) is 10.0 Å². The molecular formula is C13H11BrClFN2O2S. The van der Waals surface area contributed by atoms with Gasteiger partial charge >= 0.3 is 0 Å². The molecule has 0 saturated carbocycles. The van der Waals surface area contributed by atoms with Gasteiger partial charge in [0.1, 0.15) is 5.82 Å². The molecule has 112 valence electrons. The van der Waals surface area contributed by atoms with Gasteiger partial charge in [-0.15, -0.1) is 0 Å². The number of nitrogens with two attached hydrogens (primary N) is 1. The Labute approximate surface area is 135 Å². The van der Waals surface area contributed by atoms with Crippen LogP contribution in [0.25, 0.3) is 0 Å². The fourth-order valence-corrected chi connectivity index (χ4v) is 3.89. The second-order valence-electron chi connectivity index (χ2n) is 4.35. The second-order valence-corrected chi connectivity index (χ2v) is 7.35. The van der Waals surface area contributed by atoms with E-state index in [1.165, 1.54) is 18.2 Å². The Morgan fingerprint density at radius 2 is 1.95 bits per heavy atom. The molecule has 0 amide bonds. The number of hydrogen-bond donors (Lipinski definition) is 2. The van der Waals surface area contributed by atoms with Crippen molar-refractivity contribution in [1.82, 2.24) is 0 Å². The van der Waals surface area contributed by atoms with Crippen LogP contribution in [-0.2, 0) is 10.0 Å².